The summed E-state index contributed by atoms with van der Waals surface area (Å²) in [6.45, 7) is 0.606. The number of anilines is 1. The smallest absolute Gasteiger partial charge is 0.257 e. The highest BCUT2D eigenvalue weighted by atomic mass is 35.5. The summed E-state index contributed by atoms with van der Waals surface area (Å²) in [5.74, 6) is -0.327. The van der Waals surface area contributed by atoms with E-state index in [1.54, 1.807) is 35.3 Å². The van der Waals surface area contributed by atoms with Crippen molar-refractivity contribution < 1.29 is 4.79 Å². The number of rotatable bonds is 4. The van der Waals surface area contributed by atoms with Crippen molar-refractivity contribution in [1.29, 1.82) is 0 Å². The summed E-state index contributed by atoms with van der Waals surface area (Å²) < 4.78 is 1.79. The number of carbonyl (C=O) groups excluding carboxylic acids is 1. The Balaban J connectivity index is 1.53. The molecular weight excluding hydrogens is 381 g/mol. The summed E-state index contributed by atoms with van der Waals surface area (Å²) in [7, 11) is 0. The third-order valence-electron chi connectivity index (χ3n) is 4.30. The molecule has 6 heteroatoms. The summed E-state index contributed by atoms with van der Waals surface area (Å²) >= 11 is 12.1. The van der Waals surface area contributed by atoms with Crippen LogP contribution < -0.4 is 5.32 Å². The van der Waals surface area contributed by atoms with Crippen LogP contribution in [0.4, 0.5) is 5.69 Å². The van der Waals surface area contributed by atoms with Crippen LogP contribution >= 0.6 is 23.2 Å². The number of fused-ring (bicyclic) bond motifs is 1. The van der Waals surface area contributed by atoms with E-state index in [0.29, 0.717) is 22.8 Å². The Morgan fingerprint density at radius 3 is 2.67 bits per heavy atom. The lowest BCUT2D eigenvalue weighted by molar-refractivity contribution is 0.102. The first-order chi connectivity index (χ1) is 13.1. The van der Waals surface area contributed by atoms with Crippen LogP contribution in [0.1, 0.15) is 15.9 Å². The van der Waals surface area contributed by atoms with E-state index in [-0.39, 0.29) is 10.9 Å². The number of carbonyl (C=O) groups is 1. The van der Waals surface area contributed by atoms with E-state index >= 15 is 0 Å². The molecule has 3 aromatic carbocycles. The van der Waals surface area contributed by atoms with Gasteiger partial charge in [0.2, 0.25) is 0 Å². The second-order valence-electron chi connectivity index (χ2n) is 6.12. The van der Waals surface area contributed by atoms with E-state index in [9.17, 15) is 4.79 Å². The summed E-state index contributed by atoms with van der Waals surface area (Å²) in [6.07, 6.45) is 3.40. The van der Waals surface area contributed by atoms with Gasteiger partial charge in [-0.1, -0.05) is 71.7 Å². The molecule has 0 saturated heterocycles. The first-order valence-electron chi connectivity index (χ1n) is 8.36. The number of halogens is 2. The zero-order valence-electron chi connectivity index (χ0n) is 14.2. The first-order valence-corrected chi connectivity index (χ1v) is 9.12. The fraction of sp³-hybridized carbons (Fsp3) is 0.0476. The highest BCUT2D eigenvalue weighted by Crippen LogP contribution is 2.26. The predicted octanol–water partition coefficient (Wildman–Crippen LogP) is 5.64. The van der Waals surface area contributed by atoms with Crippen molar-refractivity contribution in [3.8, 4) is 0 Å². The minimum absolute atomic E-state index is 0.236. The van der Waals surface area contributed by atoms with Crippen molar-refractivity contribution in [2.45, 2.75) is 6.54 Å². The normalized spacial score (nSPS) is 10.9. The first kappa shape index (κ1) is 17.6. The lowest BCUT2D eigenvalue weighted by Gasteiger charge is -2.07. The zero-order valence-corrected chi connectivity index (χ0v) is 15.7. The van der Waals surface area contributed by atoms with Crippen LogP contribution in [0.3, 0.4) is 0 Å². The monoisotopic (exact) mass is 395 g/mol. The van der Waals surface area contributed by atoms with E-state index in [1.165, 1.54) is 10.8 Å². The number of amides is 1. The molecule has 0 saturated carbocycles. The number of benzene rings is 3. The van der Waals surface area contributed by atoms with Gasteiger partial charge >= 0.3 is 0 Å². The van der Waals surface area contributed by atoms with Gasteiger partial charge in [0.25, 0.3) is 5.91 Å². The predicted molar refractivity (Wildman–Crippen MR) is 110 cm³/mol. The van der Waals surface area contributed by atoms with E-state index in [0.717, 1.165) is 5.56 Å². The molecule has 1 heterocycles. The number of nitrogens with zero attached hydrogens (tertiary/aromatic N) is 2. The summed E-state index contributed by atoms with van der Waals surface area (Å²) in [6, 6.07) is 19.4. The van der Waals surface area contributed by atoms with Crippen LogP contribution in [-0.4, -0.2) is 15.7 Å². The van der Waals surface area contributed by atoms with Crippen LogP contribution in [0.5, 0.6) is 0 Å². The Bertz CT molecular complexity index is 1130. The van der Waals surface area contributed by atoms with Crippen molar-refractivity contribution >= 4 is 45.6 Å². The molecule has 0 aliphatic carbocycles. The van der Waals surface area contributed by atoms with Crippen LogP contribution in [0, 0.1) is 0 Å². The standard InChI is InChI=1S/C21H15Cl2N3O/c22-19-10-4-9-18(20(19)23)21(27)25-16-11-24-26(13-16)12-15-7-3-6-14-5-1-2-8-17(14)15/h1-11,13H,12H2,(H,25,27). The Kier molecular flexibility index (Phi) is 4.84. The fourth-order valence-corrected chi connectivity index (χ4v) is 3.38. The molecule has 4 rings (SSSR count). The SMILES string of the molecule is O=C(Nc1cnn(Cc2cccc3ccccc23)c1)c1cccc(Cl)c1Cl. The maximum absolute atomic E-state index is 12.4. The van der Waals surface area contributed by atoms with Gasteiger partial charge in [-0.3, -0.25) is 9.48 Å². The molecule has 1 amide bonds. The quantitative estimate of drug-likeness (QED) is 0.485. The number of hydrogen-bond donors (Lipinski definition) is 1. The number of nitrogens with one attached hydrogen (secondary N) is 1. The number of hydrogen-bond acceptors (Lipinski definition) is 2. The van der Waals surface area contributed by atoms with Gasteiger partial charge in [0, 0.05) is 6.20 Å². The molecule has 0 aliphatic rings. The summed E-state index contributed by atoms with van der Waals surface area (Å²) in [4.78, 5) is 12.4. The molecule has 1 N–H and O–H groups in total. The molecule has 27 heavy (non-hydrogen) atoms. The average molecular weight is 396 g/mol. The summed E-state index contributed by atoms with van der Waals surface area (Å²) in [5.41, 5.74) is 2.08. The highest BCUT2D eigenvalue weighted by Gasteiger charge is 2.13. The van der Waals surface area contributed by atoms with Gasteiger partial charge in [-0.25, -0.2) is 0 Å². The molecule has 0 bridgehead atoms. The fourth-order valence-electron chi connectivity index (χ4n) is 3.00. The van der Waals surface area contributed by atoms with Crippen molar-refractivity contribution in [1.82, 2.24) is 9.78 Å². The van der Waals surface area contributed by atoms with Gasteiger partial charge in [-0.05, 0) is 28.5 Å². The number of aromatic nitrogens is 2. The molecule has 0 fully saturated rings. The maximum atomic E-state index is 12.4. The Morgan fingerprint density at radius 1 is 1.00 bits per heavy atom. The second-order valence-corrected chi connectivity index (χ2v) is 6.91. The third kappa shape index (κ3) is 3.68. The van der Waals surface area contributed by atoms with Crippen LogP contribution in [0.2, 0.25) is 10.0 Å². The Hall–Kier alpha value is -2.82. The van der Waals surface area contributed by atoms with Crippen molar-refractivity contribution in [3.05, 3.63) is 94.2 Å². The topological polar surface area (TPSA) is 46.9 Å². The molecule has 134 valence electrons. The zero-order chi connectivity index (χ0) is 18.8. The molecule has 0 unspecified atom stereocenters. The van der Waals surface area contributed by atoms with Crippen molar-refractivity contribution in [2.24, 2.45) is 0 Å². The lowest BCUT2D eigenvalue weighted by Crippen LogP contribution is -2.12. The van der Waals surface area contributed by atoms with Gasteiger partial charge in [-0.2, -0.15) is 5.10 Å². The Labute approximate surface area is 166 Å². The lowest BCUT2D eigenvalue weighted by atomic mass is 10.0. The van der Waals surface area contributed by atoms with Crippen LogP contribution in [0.15, 0.2) is 73.1 Å². The van der Waals surface area contributed by atoms with Gasteiger partial charge in [-0.15, -0.1) is 0 Å². The van der Waals surface area contributed by atoms with E-state index in [1.807, 2.05) is 18.2 Å². The van der Waals surface area contributed by atoms with Gasteiger partial charge in [0.15, 0.2) is 0 Å². The molecule has 4 aromatic rings. The highest BCUT2D eigenvalue weighted by molar-refractivity contribution is 6.44. The molecule has 0 spiro atoms. The maximum Gasteiger partial charge on any atom is 0.257 e. The van der Waals surface area contributed by atoms with E-state index in [4.69, 9.17) is 23.2 Å². The Morgan fingerprint density at radius 2 is 1.78 bits per heavy atom. The van der Waals surface area contributed by atoms with E-state index < -0.39 is 0 Å². The second kappa shape index (κ2) is 7.43. The largest absolute Gasteiger partial charge is 0.319 e. The molecule has 4 nitrogen and oxygen atoms in total. The van der Waals surface area contributed by atoms with Crippen molar-refractivity contribution in [2.75, 3.05) is 5.32 Å². The molecular formula is C21H15Cl2N3O. The molecule has 0 atom stereocenters. The third-order valence-corrected chi connectivity index (χ3v) is 5.12. The van der Waals surface area contributed by atoms with Gasteiger partial charge in [0.1, 0.15) is 0 Å². The van der Waals surface area contributed by atoms with Gasteiger partial charge in [0.05, 0.1) is 34.0 Å². The average Bonchev–Trinajstić information content (AvgIpc) is 3.11. The molecule has 0 aliphatic heterocycles. The van der Waals surface area contributed by atoms with Crippen LogP contribution in [0.25, 0.3) is 10.8 Å². The van der Waals surface area contributed by atoms with E-state index in [2.05, 4.69) is 34.7 Å². The summed E-state index contributed by atoms with van der Waals surface area (Å²) in [5, 5.41) is 10.1. The minimum atomic E-state index is -0.327. The molecule has 0 radical (unpaired) electrons. The van der Waals surface area contributed by atoms with Crippen LogP contribution in [-0.2, 0) is 6.54 Å². The molecule has 1 aromatic heterocycles. The minimum Gasteiger partial charge on any atom is -0.319 e. The van der Waals surface area contributed by atoms with Crippen molar-refractivity contribution in [3.63, 3.8) is 0 Å². The van der Waals surface area contributed by atoms with Gasteiger partial charge < -0.3 is 5.32 Å².